The number of esters is 1. The third kappa shape index (κ3) is 7.28. The second kappa shape index (κ2) is 5.89. The smallest absolute Gasteiger partial charge is 0.308 e. The van der Waals surface area contributed by atoms with E-state index in [0.29, 0.717) is 0 Å². The molecule has 1 amide bonds. The zero-order valence-corrected chi connectivity index (χ0v) is 10.8. The van der Waals surface area contributed by atoms with Crippen LogP contribution < -0.4 is 5.32 Å². The average Bonchev–Trinajstić information content (AvgIpc) is 1.97. The summed E-state index contributed by atoms with van der Waals surface area (Å²) in [5, 5.41) is 1.76. The maximum absolute atomic E-state index is 11.4. The minimum atomic E-state index is -0.935. The molecule has 1 N–H and O–H groups in total. The maximum Gasteiger partial charge on any atom is 0.308 e. The van der Waals surface area contributed by atoms with E-state index in [9.17, 15) is 14.4 Å². The molecule has 5 nitrogen and oxygen atoms in total. The molecule has 6 heteroatoms. The van der Waals surface area contributed by atoms with Gasteiger partial charge in [0.1, 0.15) is 11.6 Å². The number of hydrogen-bond donors (Lipinski definition) is 2. The normalized spacial score (nSPS) is 12.8. The molecule has 0 bridgehead atoms. The molecular weight excluding hydrogens is 230 g/mol. The predicted molar refractivity (Wildman–Crippen MR) is 62.1 cm³/mol. The molecule has 0 rings (SSSR count). The molecule has 0 aromatic carbocycles. The molecular formula is C10H17NO4S. The van der Waals surface area contributed by atoms with Crippen molar-refractivity contribution < 1.29 is 19.1 Å². The molecule has 0 radical (unpaired) electrons. The minimum absolute atomic E-state index is 0.209. The lowest BCUT2D eigenvalue weighted by atomic mass is 10.2. The molecule has 0 spiro atoms. The van der Waals surface area contributed by atoms with E-state index in [4.69, 9.17) is 4.74 Å². The van der Waals surface area contributed by atoms with E-state index in [-0.39, 0.29) is 6.42 Å². The highest BCUT2D eigenvalue weighted by atomic mass is 32.1. The fourth-order valence-electron chi connectivity index (χ4n) is 0.995. The largest absolute Gasteiger partial charge is 0.460 e. The van der Waals surface area contributed by atoms with Gasteiger partial charge in [-0.3, -0.25) is 14.4 Å². The van der Waals surface area contributed by atoms with Crippen LogP contribution >= 0.6 is 12.6 Å². The number of ether oxygens (including phenoxy) is 1. The summed E-state index contributed by atoms with van der Waals surface area (Å²) in [6.45, 7) is 6.43. The average molecular weight is 247 g/mol. The van der Waals surface area contributed by atoms with Crippen molar-refractivity contribution in [2.45, 2.75) is 45.8 Å². The Balaban J connectivity index is 4.35. The van der Waals surface area contributed by atoms with Gasteiger partial charge in [-0.05, 0) is 20.8 Å². The molecule has 0 saturated carbocycles. The van der Waals surface area contributed by atoms with Crippen molar-refractivity contribution in [1.29, 1.82) is 0 Å². The first-order valence-electron chi connectivity index (χ1n) is 4.83. The van der Waals surface area contributed by atoms with E-state index in [1.165, 1.54) is 6.92 Å². The number of nitrogens with one attached hydrogen (secondary N) is 1. The van der Waals surface area contributed by atoms with Crippen molar-refractivity contribution >= 4 is 29.6 Å². The van der Waals surface area contributed by atoms with E-state index in [0.717, 1.165) is 0 Å². The standard InChI is InChI=1S/C10H17NO4S/c1-6(12)11-7(9(14)16)5-8(13)15-10(2,3)4/h7H,5H2,1-4H3,(H,11,12)(H,14,16)/t7-/m1/s1. The van der Waals surface area contributed by atoms with Gasteiger partial charge in [-0.15, -0.1) is 12.6 Å². The topological polar surface area (TPSA) is 72.5 Å². The number of amides is 1. The third-order valence-corrected chi connectivity index (χ3v) is 1.78. The van der Waals surface area contributed by atoms with Crippen LogP contribution in [0.1, 0.15) is 34.1 Å². The summed E-state index contributed by atoms with van der Waals surface area (Å²) >= 11 is 3.59. The van der Waals surface area contributed by atoms with E-state index in [2.05, 4.69) is 17.9 Å². The van der Waals surface area contributed by atoms with Crippen molar-refractivity contribution in [1.82, 2.24) is 5.32 Å². The fourth-order valence-corrected chi connectivity index (χ4v) is 1.15. The SMILES string of the molecule is CC(=O)N[C@H](CC(=O)OC(C)(C)C)C(=O)S. The molecule has 0 heterocycles. The third-order valence-electron chi connectivity index (χ3n) is 1.47. The summed E-state index contributed by atoms with van der Waals surface area (Å²) in [7, 11) is 0. The second-order valence-corrected chi connectivity index (χ2v) is 4.82. The van der Waals surface area contributed by atoms with Crippen LogP contribution in [0.15, 0.2) is 0 Å². The van der Waals surface area contributed by atoms with Gasteiger partial charge in [0.25, 0.3) is 0 Å². The Morgan fingerprint density at radius 1 is 1.31 bits per heavy atom. The lowest BCUT2D eigenvalue weighted by molar-refractivity contribution is -0.156. The Morgan fingerprint density at radius 2 is 1.81 bits per heavy atom. The highest BCUT2D eigenvalue weighted by Gasteiger charge is 2.24. The lowest BCUT2D eigenvalue weighted by Crippen LogP contribution is -2.40. The van der Waals surface area contributed by atoms with E-state index < -0.39 is 28.6 Å². The van der Waals surface area contributed by atoms with Gasteiger partial charge in [-0.2, -0.15) is 0 Å². The number of thiol groups is 1. The van der Waals surface area contributed by atoms with Gasteiger partial charge in [0.2, 0.25) is 11.0 Å². The summed E-state index contributed by atoms with van der Waals surface area (Å²) in [6, 6.07) is -0.935. The van der Waals surface area contributed by atoms with Crippen molar-refractivity contribution in [3.63, 3.8) is 0 Å². The van der Waals surface area contributed by atoms with Crippen LogP contribution in [0.3, 0.4) is 0 Å². The van der Waals surface area contributed by atoms with Gasteiger partial charge in [-0.25, -0.2) is 0 Å². The summed E-state index contributed by atoms with van der Waals surface area (Å²) in [4.78, 5) is 33.2. The maximum atomic E-state index is 11.4. The molecule has 0 aromatic heterocycles. The van der Waals surface area contributed by atoms with Crippen LogP contribution in [0.25, 0.3) is 0 Å². The Morgan fingerprint density at radius 3 is 2.12 bits per heavy atom. The first-order chi connectivity index (χ1) is 7.11. The molecule has 0 fully saturated rings. The monoisotopic (exact) mass is 247 g/mol. The Hall–Kier alpha value is -1.04. The summed E-state index contributed by atoms with van der Waals surface area (Å²) in [5.41, 5.74) is -0.614. The number of carbonyl (C=O) groups excluding carboxylic acids is 3. The van der Waals surface area contributed by atoms with Crippen molar-refractivity contribution in [2.24, 2.45) is 0 Å². The Kier molecular flexibility index (Phi) is 5.50. The van der Waals surface area contributed by atoms with Gasteiger partial charge in [-0.1, -0.05) is 0 Å². The van der Waals surface area contributed by atoms with E-state index in [1.54, 1.807) is 20.8 Å². The molecule has 0 aliphatic rings. The van der Waals surface area contributed by atoms with Crippen LogP contribution in [0.5, 0.6) is 0 Å². The fraction of sp³-hybridized carbons (Fsp3) is 0.700. The Labute approximate surface area is 100 Å². The van der Waals surface area contributed by atoms with Crippen molar-refractivity contribution in [2.75, 3.05) is 0 Å². The van der Waals surface area contributed by atoms with Crippen LogP contribution in [-0.2, 0) is 19.1 Å². The Bertz CT molecular complexity index is 296. The molecule has 0 unspecified atom stereocenters. The highest BCUT2D eigenvalue weighted by molar-refractivity contribution is 7.96. The van der Waals surface area contributed by atoms with Crippen LogP contribution in [0.2, 0.25) is 0 Å². The van der Waals surface area contributed by atoms with Crippen molar-refractivity contribution in [3.8, 4) is 0 Å². The summed E-state index contributed by atoms with van der Waals surface area (Å²) in [5.74, 6) is -0.940. The molecule has 92 valence electrons. The van der Waals surface area contributed by atoms with Gasteiger partial charge >= 0.3 is 5.97 Å². The molecule has 0 aliphatic heterocycles. The van der Waals surface area contributed by atoms with E-state index in [1.807, 2.05) is 0 Å². The number of hydrogen-bond acceptors (Lipinski definition) is 4. The summed E-state index contributed by atoms with van der Waals surface area (Å²) < 4.78 is 5.02. The number of carbonyl (C=O) groups is 3. The van der Waals surface area contributed by atoms with Gasteiger partial charge < -0.3 is 10.1 Å². The van der Waals surface area contributed by atoms with Crippen LogP contribution in [0.4, 0.5) is 0 Å². The van der Waals surface area contributed by atoms with Gasteiger partial charge in [0, 0.05) is 6.92 Å². The van der Waals surface area contributed by atoms with Gasteiger partial charge in [0.05, 0.1) is 6.42 Å². The van der Waals surface area contributed by atoms with E-state index >= 15 is 0 Å². The molecule has 0 aromatic rings. The predicted octanol–water partition coefficient (Wildman–Crippen LogP) is 0.679. The van der Waals surface area contributed by atoms with Crippen LogP contribution in [-0.4, -0.2) is 28.6 Å². The van der Waals surface area contributed by atoms with Crippen molar-refractivity contribution in [3.05, 3.63) is 0 Å². The molecule has 0 saturated heterocycles. The van der Waals surface area contributed by atoms with Crippen LogP contribution in [0, 0.1) is 0 Å². The molecule has 1 atom stereocenters. The second-order valence-electron chi connectivity index (χ2n) is 4.38. The lowest BCUT2D eigenvalue weighted by Gasteiger charge is -2.21. The zero-order chi connectivity index (χ0) is 12.9. The first kappa shape index (κ1) is 15.0. The minimum Gasteiger partial charge on any atom is -0.460 e. The zero-order valence-electron chi connectivity index (χ0n) is 9.86. The highest BCUT2D eigenvalue weighted by Crippen LogP contribution is 2.10. The van der Waals surface area contributed by atoms with Gasteiger partial charge in [0.15, 0.2) is 0 Å². The first-order valence-corrected chi connectivity index (χ1v) is 5.28. The number of rotatable bonds is 4. The quantitative estimate of drug-likeness (QED) is 0.566. The molecule has 0 aliphatic carbocycles. The molecule has 16 heavy (non-hydrogen) atoms. The summed E-state index contributed by atoms with van der Waals surface area (Å²) in [6.07, 6.45) is -0.209.